The fraction of sp³-hybridized carbons (Fsp3) is 0.348. The zero-order chi connectivity index (χ0) is 23.0. The van der Waals surface area contributed by atoms with E-state index >= 15 is 0 Å². The smallest absolute Gasteiger partial charge is 0.243 e. The van der Waals surface area contributed by atoms with Gasteiger partial charge in [0.15, 0.2) is 6.61 Å². The minimum atomic E-state index is -3.60. The van der Waals surface area contributed by atoms with Gasteiger partial charge < -0.3 is 9.25 Å². The van der Waals surface area contributed by atoms with E-state index < -0.39 is 10.0 Å². The average Bonchev–Trinajstić information content (AvgIpc) is 3.41. The summed E-state index contributed by atoms with van der Waals surface area (Å²) in [6.07, 6.45) is 1.91. The topological polar surface area (TPSA) is 103 Å². The van der Waals surface area contributed by atoms with Gasteiger partial charge in [-0.05, 0) is 61.2 Å². The van der Waals surface area contributed by atoms with E-state index in [2.05, 4.69) is 22.2 Å². The zero-order valence-corrected chi connectivity index (χ0v) is 19.3. The first kappa shape index (κ1) is 21.6. The Kier molecular flexibility index (Phi) is 5.63. The molecule has 0 amide bonds. The molecule has 1 aliphatic heterocycles. The third-order valence-corrected chi connectivity index (χ3v) is 7.74. The van der Waals surface area contributed by atoms with E-state index in [-0.39, 0.29) is 11.5 Å². The first-order valence-electron chi connectivity index (χ1n) is 10.9. The third-order valence-electron chi connectivity index (χ3n) is 5.88. The summed E-state index contributed by atoms with van der Waals surface area (Å²) in [6, 6.07) is 14.4. The molecule has 2 aromatic carbocycles. The highest BCUT2D eigenvalue weighted by molar-refractivity contribution is 7.89. The Labute approximate surface area is 192 Å². The lowest BCUT2D eigenvalue weighted by molar-refractivity contribution is 0.0726. The molecule has 1 aliphatic rings. The van der Waals surface area contributed by atoms with Crippen LogP contribution < -0.4 is 4.84 Å². The van der Waals surface area contributed by atoms with E-state index in [1.54, 1.807) is 22.5 Å². The van der Waals surface area contributed by atoms with Gasteiger partial charge in [-0.25, -0.2) is 13.4 Å². The first-order chi connectivity index (χ1) is 15.9. The molecule has 1 unspecified atom stereocenters. The van der Waals surface area contributed by atoms with E-state index in [1.165, 1.54) is 4.85 Å². The number of benzene rings is 2. The predicted molar refractivity (Wildman–Crippen MR) is 122 cm³/mol. The van der Waals surface area contributed by atoms with E-state index in [1.807, 2.05) is 37.3 Å². The molecule has 5 rings (SSSR count). The Morgan fingerprint density at radius 2 is 2.00 bits per heavy atom. The molecule has 0 saturated carbocycles. The van der Waals surface area contributed by atoms with Crippen molar-refractivity contribution in [1.29, 1.82) is 0 Å². The fourth-order valence-corrected chi connectivity index (χ4v) is 5.65. The summed E-state index contributed by atoms with van der Waals surface area (Å²) in [5, 5.41) is 8.12. The second kappa shape index (κ2) is 8.60. The molecule has 9 nitrogen and oxygen atoms in total. The maximum absolute atomic E-state index is 13.2. The van der Waals surface area contributed by atoms with Gasteiger partial charge in [0, 0.05) is 18.7 Å². The maximum Gasteiger partial charge on any atom is 0.243 e. The van der Waals surface area contributed by atoms with E-state index in [0.29, 0.717) is 47.4 Å². The molecule has 2 aromatic heterocycles. The van der Waals surface area contributed by atoms with Crippen LogP contribution in [0.1, 0.15) is 31.2 Å². The highest BCUT2D eigenvalue weighted by Crippen LogP contribution is 2.26. The highest BCUT2D eigenvalue weighted by atomic mass is 32.2. The molecule has 172 valence electrons. The van der Waals surface area contributed by atoms with Gasteiger partial charge in [0.05, 0.1) is 4.90 Å². The lowest BCUT2D eigenvalue weighted by atomic mass is 10.0. The Morgan fingerprint density at radius 3 is 2.79 bits per heavy atom. The highest BCUT2D eigenvalue weighted by Gasteiger charge is 2.29. The summed E-state index contributed by atoms with van der Waals surface area (Å²) < 4.78 is 33.7. The molecule has 0 N–H and O–H groups in total. The van der Waals surface area contributed by atoms with Gasteiger partial charge in [0.25, 0.3) is 0 Å². The van der Waals surface area contributed by atoms with Crippen LogP contribution in [0.25, 0.3) is 22.5 Å². The second-order valence-corrected chi connectivity index (χ2v) is 10.3. The Bertz CT molecular complexity index is 1380. The summed E-state index contributed by atoms with van der Waals surface area (Å²) in [5.74, 6) is 1.50. The Hall–Kier alpha value is -3.24. The molecule has 1 saturated heterocycles. The molecule has 0 bridgehead atoms. The second-order valence-electron chi connectivity index (χ2n) is 8.38. The van der Waals surface area contributed by atoms with Gasteiger partial charge in [-0.2, -0.15) is 4.31 Å². The largest absolute Gasteiger partial charge is 0.441 e. The molecular weight excluding hydrogens is 442 g/mol. The van der Waals surface area contributed by atoms with Crippen LogP contribution >= 0.6 is 0 Å². The molecule has 0 aliphatic carbocycles. The van der Waals surface area contributed by atoms with E-state index in [0.717, 1.165) is 18.4 Å². The average molecular weight is 468 g/mol. The number of piperidine rings is 1. The fourth-order valence-electron chi connectivity index (χ4n) is 4.04. The number of oxazole rings is 1. The lowest BCUT2D eigenvalue weighted by Gasteiger charge is -2.30. The van der Waals surface area contributed by atoms with Crippen LogP contribution in [0.15, 0.2) is 57.8 Å². The molecule has 0 radical (unpaired) electrons. The molecule has 1 atom stereocenters. The molecule has 4 aromatic rings. The third kappa shape index (κ3) is 4.23. The van der Waals surface area contributed by atoms with Gasteiger partial charge in [-0.1, -0.05) is 30.0 Å². The Morgan fingerprint density at radius 1 is 1.18 bits per heavy atom. The summed E-state index contributed by atoms with van der Waals surface area (Å²) in [4.78, 5) is 11.8. The summed E-state index contributed by atoms with van der Waals surface area (Å²) in [5.41, 5.74) is 2.52. The van der Waals surface area contributed by atoms with E-state index in [4.69, 9.17) is 9.25 Å². The van der Waals surface area contributed by atoms with Gasteiger partial charge in [0.1, 0.15) is 22.5 Å². The van der Waals surface area contributed by atoms with Gasteiger partial charge in [-0.15, -0.1) is 5.10 Å². The number of fused-ring (bicyclic) bond motifs is 1. The van der Waals surface area contributed by atoms with Crippen molar-refractivity contribution in [3.05, 3.63) is 60.0 Å². The van der Waals surface area contributed by atoms with Crippen LogP contribution in [0.3, 0.4) is 0 Å². The minimum Gasteiger partial charge on any atom is -0.441 e. The number of rotatable bonds is 6. The molecule has 10 heteroatoms. The van der Waals surface area contributed by atoms with Crippen molar-refractivity contribution in [3.63, 3.8) is 0 Å². The lowest BCUT2D eigenvalue weighted by Crippen LogP contribution is -2.39. The van der Waals surface area contributed by atoms with Crippen LogP contribution in [0, 0.1) is 12.8 Å². The standard InChI is InChI=1S/C23H25N5O4S/c1-16-7-6-12-27(14-16)33(29,30)19-10-11-20-22(13-19)28(26-25-20)31-15-21-17(2)32-23(24-21)18-8-4-3-5-9-18/h3-5,8-11,13,16H,6-7,12,14-15H2,1-2H3. The monoisotopic (exact) mass is 467 g/mol. The summed E-state index contributed by atoms with van der Waals surface area (Å²) in [7, 11) is -3.60. The van der Waals surface area contributed by atoms with Crippen LogP contribution in [-0.2, 0) is 16.6 Å². The van der Waals surface area contributed by atoms with Gasteiger partial charge in [-0.3, -0.25) is 0 Å². The normalized spacial score (nSPS) is 17.5. The predicted octanol–water partition coefficient (Wildman–Crippen LogP) is 3.44. The van der Waals surface area contributed by atoms with Crippen LogP contribution in [0.2, 0.25) is 0 Å². The van der Waals surface area contributed by atoms with Crippen LogP contribution in [0.5, 0.6) is 0 Å². The molecule has 0 spiro atoms. The zero-order valence-electron chi connectivity index (χ0n) is 18.5. The quantitative estimate of drug-likeness (QED) is 0.428. The number of hydrogen-bond acceptors (Lipinski definition) is 7. The van der Waals surface area contributed by atoms with Gasteiger partial charge >= 0.3 is 0 Å². The maximum atomic E-state index is 13.2. The van der Waals surface area contributed by atoms with Crippen molar-refractivity contribution in [1.82, 2.24) is 24.4 Å². The molecule has 1 fully saturated rings. The number of nitrogens with zero attached hydrogens (tertiary/aromatic N) is 5. The van der Waals surface area contributed by atoms with Crippen molar-refractivity contribution in [2.24, 2.45) is 5.92 Å². The SMILES string of the molecule is Cc1oc(-c2ccccc2)nc1COn1nnc2ccc(S(=O)(=O)N3CCCC(C)C3)cc21. The number of hydrogen-bond donors (Lipinski definition) is 0. The summed E-state index contributed by atoms with van der Waals surface area (Å²) in [6.45, 7) is 5.06. The van der Waals surface area contributed by atoms with Crippen molar-refractivity contribution >= 4 is 21.1 Å². The van der Waals surface area contributed by atoms with Crippen molar-refractivity contribution in [2.75, 3.05) is 13.1 Å². The Balaban J connectivity index is 1.38. The molecular formula is C23H25N5O4S. The molecule has 3 heterocycles. The van der Waals surface area contributed by atoms with E-state index in [9.17, 15) is 8.42 Å². The van der Waals surface area contributed by atoms with Crippen molar-refractivity contribution in [3.8, 4) is 11.5 Å². The summed E-state index contributed by atoms with van der Waals surface area (Å²) >= 11 is 0. The number of sulfonamides is 1. The number of aryl methyl sites for hydroxylation is 1. The minimum absolute atomic E-state index is 0.0985. The van der Waals surface area contributed by atoms with Gasteiger partial charge in [0.2, 0.25) is 15.9 Å². The van der Waals surface area contributed by atoms with Crippen LogP contribution in [-0.4, -0.2) is 46.0 Å². The number of aromatic nitrogens is 4. The van der Waals surface area contributed by atoms with Crippen molar-refractivity contribution in [2.45, 2.75) is 38.2 Å². The first-order valence-corrected chi connectivity index (χ1v) is 12.4. The molecule has 33 heavy (non-hydrogen) atoms. The van der Waals surface area contributed by atoms with Crippen LogP contribution in [0.4, 0.5) is 0 Å². The van der Waals surface area contributed by atoms with Crippen molar-refractivity contribution < 1.29 is 17.7 Å².